The van der Waals surface area contributed by atoms with Gasteiger partial charge in [0.1, 0.15) is 0 Å². The van der Waals surface area contributed by atoms with Crippen LogP contribution < -0.4 is 5.32 Å². The maximum absolute atomic E-state index is 7.80. The molecule has 2 heterocycles. The summed E-state index contributed by atoms with van der Waals surface area (Å²) in [4.78, 5) is 1.77. The van der Waals surface area contributed by atoms with Crippen molar-refractivity contribution in [1.29, 1.82) is 0 Å². The second-order valence-electron chi connectivity index (χ2n) is 4.65. The van der Waals surface area contributed by atoms with Crippen molar-refractivity contribution in [1.82, 2.24) is 10.2 Å². The Hall–Kier alpha value is -0.0800. The van der Waals surface area contributed by atoms with Crippen LogP contribution in [0.4, 0.5) is 0 Å². The molecule has 2 saturated heterocycles. The van der Waals surface area contributed by atoms with Crippen LogP contribution in [0.25, 0.3) is 0 Å². The first kappa shape index (κ1) is 4.66. The van der Waals surface area contributed by atoms with Gasteiger partial charge in [-0.2, -0.15) is 0 Å². The monoisotopic (exact) mass is 218 g/mol. The van der Waals surface area contributed by atoms with Crippen LogP contribution in [0, 0.1) is 11.8 Å². The van der Waals surface area contributed by atoms with Crippen molar-refractivity contribution in [2.45, 2.75) is 51.9 Å². The average Bonchev–Trinajstić information content (AvgIpc) is 2.44. The molecule has 0 saturated carbocycles. The molecular formula is C13H25N2. The third-order valence-electron chi connectivity index (χ3n) is 3.24. The number of hydrogen-bond donors (Lipinski definition) is 1. The maximum atomic E-state index is 7.80. The summed E-state index contributed by atoms with van der Waals surface area (Å²) in [6.07, 6.45) is 3.08. The van der Waals surface area contributed by atoms with E-state index in [2.05, 4.69) is 5.32 Å². The van der Waals surface area contributed by atoms with E-state index < -0.39 is 38.1 Å². The third kappa shape index (κ3) is 2.73. The summed E-state index contributed by atoms with van der Waals surface area (Å²) in [6, 6.07) is -1.10. The molecule has 2 atom stereocenters. The minimum Gasteiger partial charge on any atom is -0.315 e. The van der Waals surface area contributed by atoms with Gasteiger partial charge in [0.05, 0.1) is 0 Å². The standard InChI is InChI=1S/C13H25N2/c1-11-6-4-5-7-15(11)12-8-13(2,3)10-14-9-12/h5,11-12,14H,4,6-10H2,1-3H3/t11-,12-/m0/s1/i1D3,2D3,3D3. The van der Waals surface area contributed by atoms with E-state index in [1.165, 1.54) is 0 Å². The van der Waals surface area contributed by atoms with Crippen molar-refractivity contribution in [3.63, 3.8) is 0 Å². The van der Waals surface area contributed by atoms with Gasteiger partial charge in [-0.25, -0.2) is 0 Å². The van der Waals surface area contributed by atoms with Crippen molar-refractivity contribution in [2.24, 2.45) is 5.41 Å². The van der Waals surface area contributed by atoms with Crippen LogP contribution in [0.15, 0.2) is 0 Å². The van der Waals surface area contributed by atoms with Crippen molar-refractivity contribution in [2.75, 3.05) is 19.6 Å². The van der Waals surface area contributed by atoms with E-state index in [1.807, 2.05) is 6.42 Å². The third-order valence-corrected chi connectivity index (χ3v) is 3.24. The predicted octanol–water partition coefficient (Wildman–Crippen LogP) is 2.06. The Kier molecular flexibility index (Phi) is 1.37. The van der Waals surface area contributed by atoms with Gasteiger partial charge in [-0.15, -0.1) is 0 Å². The van der Waals surface area contributed by atoms with E-state index in [-0.39, 0.29) is 13.0 Å². The van der Waals surface area contributed by atoms with Crippen LogP contribution in [-0.4, -0.2) is 36.6 Å². The van der Waals surface area contributed by atoms with Crippen molar-refractivity contribution in [3.05, 3.63) is 6.42 Å². The highest BCUT2D eigenvalue weighted by molar-refractivity contribution is 4.93. The lowest BCUT2D eigenvalue weighted by atomic mass is 9.81. The predicted molar refractivity (Wildman–Crippen MR) is 64.8 cm³/mol. The van der Waals surface area contributed by atoms with Gasteiger partial charge in [-0.05, 0) is 38.0 Å². The van der Waals surface area contributed by atoms with E-state index in [9.17, 15) is 0 Å². The number of rotatable bonds is 1. The number of nitrogens with one attached hydrogen (secondary N) is 1. The van der Waals surface area contributed by atoms with Gasteiger partial charge in [0.15, 0.2) is 0 Å². The molecule has 0 aliphatic carbocycles. The fourth-order valence-electron chi connectivity index (χ4n) is 2.45. The molecule has 0 bridgehead atoms. The van der Waals surface area contributed by atoms with Gasteiger partial charge in [0, 0.05) is 44.1 Å². The first-order chi connectivity index (χ1) is 10.8. The van der Waals surface area contributed by atoms with Gasteiger partial charge in [-0.1, -0.05) is 13.7 Å². The zero-order valence-electron chi connectivity index (χ0n) is 17.9. The van der Waals surface area contributed by atoms with Crippen LogP contribution in [0.2, 0.25) is 0 Å². The van der Waals surface area contributed by atoms with Crippen molar-refractivity contribution < 1.29 is 12.3 Å². The second kappa shape index (κ2) is 4.42. The Morgan fingerprint density at radius 2 is 2.47 bits per heavy atom. The number of hydrogen-bond acceptors (Lipinski definition) is 2. The zero-order chi connectivity index (χ0) is 18.4. The summed E-state index contributed by atoms with van der Waals surface area (Å²) in [5, 5.41) is 2.95. The average molecular weight is 218 g/mol. The zero-order valence-corrected chi connectivity index (χ0v) is 8.92. The highest BCUT2D eigenvalue weighted by Crippen LogP contribution is 2.30. The summed E-state index contributed by atoms with van der Waals surface area (Å²) in [7, 11) is 0. The van der Waals surface area contributed by atoms with Gasteiger partial charge >= 0.3 is 0 Å². The summed E-state index contributed by atoms with van der Waals surface area (Å²) >= 11 is 0. The molecule has 1 radical (unpaired) electrons. The lowest BCUT2D eigenvalue weighted by Gasteiger charge is -2.45. The highest BCUT2D eigenvalue weighted by Gasteiger charge is 2.33. The summed E-state index contributed by atoms with van der Waals surface area (Å²) < 4.78 is 70.1. The Morgan fingerprint density at radius 3 is 3.27 bits per heavy atom. The summed E-state index contributed by atoms with van der Waals surface area (Å²) in [5.74, 6) is 0. The molecule has 87 valence electrons. The van der Waals surface area contributed by atoms with Crippen LogP contribution in [0.1, 0.15) is 52.2 Å². The molecule has 0 amide bonds. The Labute approximate surface area is 107 Å². The van der Waals surface area contributed by atoms with Gasteiger partial charge in [0.25, 0.3) is 0 Å². The smallest absolute Gasteiger partial charge is 0.0246 e. The Balaban J connectivity index is 2.31. The SMILES string of the molecule is [2H]C([2H])([2H])[C@H]1CC[CH]CN1[C@@H]1CNCC(C([2H])([2H])[2H])(C([2H])([2H])[2H])C1. The van der Waals surface area contributed by atoms with E-state index in [1.54, 1.807) is 4.90 Å². The van der Waals surface area contributed by atoms with Crippen LogP contribution in [-0.2, 0) is 0 Å². The molecule has 2 rings (SSSR count). The molecule has 2 nitrogen and oxygen atoms in total. The molecule has 2 aliphatic heterocycles. The quantitative estimate of drug-likeness (QED) is 0.725. The molecule has 0 aromatic carbocycles. The molecule has 0 unspecified atom stereocenters. The van der Waals surface area contributed by atoms with Crippen LogP contribution >= 0.6 is 0 Å². The molecule has 2 aliphatic rings. The molecule has 0 spiro atoms. The Morgan fingerprint density at radius 1 is 1.53 bits per heavy atom. The van der Waals surface area contributed by atoms with Gasteiger partial charge < -0.3 is 5.32 Å². The first-order valence-corrected chi connectivity index (χ1v) is 5.58. The fourth-order valence-corrected chi connectivity index (χ4v) is 2.45. The Bertz CT molecular complexity index is 426. The molecule has 0 aromatic heterocycles. The maximum Gasteiger partial charge on any atom is 0.0246 e. The van der Waals surface area contributed by atoms with Gasteiger partial charge in [0.2, 0.25) is 0 Å². The minimum atomic E-state index is -2.65. The number of likely N-dealkylation sites (tertiary alicyclic amines) is 1. The van der Waals surface area contributed by atoms with E-state index in [0.717, 1.165) is 0 Å². The fraction of sp³-hybridized carbons (Fsp3) is 0.923. The molecule has 1 N–H and O–H groups in total. The van der Waals surface area contributed by atoms with E-state index in [0.29, 0.717) is 25.9 Å². The lowest BCUT2D eigenvalue weighted by Crippen LogP contribution is -2.55. The van der Waals surface area contributed by atoms with Crippen molar-refractivity contribution in [3.8, 4) is 0 Å². The molecule has 2 fully saturated rings. The highest BCUT2D eigenvalue weighted by atomic mass is 15.2. The first-order valence-electron chi connectivity index (χ1n) is 10.1. The minimum absolute atomic E-state index is 0.0621. The molecular weight excluding hydrogens is 184 g/mol. The van der Waals surface area contributed by atoms with E-state index >= 15 is 0 Å². The van der Waals surface area contributed by atoms with Crippen molar-refractivity contribution >= 4 is 0 Å². The summed E-state index contributed by atoms with van der Waals surface area (Å²) in [6.45, 7) is -6.76. The molecule has 0 aromatic rings. The summed E-state index contributed by atoms with van der Waals surface area (Å²) in [5.41, 5.74) is -1.86. The topological polar surface area (TPSA) is 15.3 Å². The van der Waals surface area contributed by atoms with Crippen LogP contribution in [0.3, 0.4) is 0 Å². The molecule has 15 heavy (non-hydrogen) atoms. The molecule has 2 heteroatoms. The van der Waals surface area contributed by atoms with Gasteiger partial charge in [-0.3, -0.25) is 4.90 Å². The number of nitrogens with zero attached hydrogens (tertiary/aromatic N) is 1. The second-order valence-corrected chi connectivity index (χ2v) is 4.65. The lowest BCUT2D eigenvalue weighted by molar-refractivity contribution is 0.0696. The van der Waals surface area contributed by atoms with E-state index in [4.69, 9.17) is 12.3 Å². The largest absolute Gasteiger partial charge is 0.315 e. The number of piperidine rings is 2. The van der Waals surface area contributed by atoms with Crippen LogP contribution in [0.5, 0.6) is 0 Å². The normalized spacial score (nSPS) is 49.2.